The van der Waals surface area contributed by atoms with Crippen LogP contribution in [0.2, 0.25) is 0 Å². The van der Waals surface area contributed by atoms with Crippen LogP contribution in [0.15, 0.2) is 29.6 Å². The van der Waals surface area contributed by atoms with E-state index in [1.165, 1.54) is 11.3 Å². The van der Waals surface area contributed by atoms with Gasteiger partial charge in [-0.25, -0.2) is 4.98 Å². The lowest BCUT2D eigenvalue weighted by Gasteiger charge is -2.20. The highest BCUT2D eigenvalue weighted by molar-refractivity contribution is 7.13. The number of amides is 1. The third-order valence-electron chi connectivity index (χ3n) is 3.31. The SMILES string of the molecule is CCN(CC)Cc1ccccc1NC(=O)c1csc(N)n1. The Bertz CT molecular complexity index is 607. The molecular weight excluding hydrogens is 284 g/mol. The number of nitrogens with one attached hydrogen (secondary N) is 1. The van der Waals surface area contributed by atoms with Crippen molar-refractivity contribution in [3.8, 4) is 0 Å². The molecule has 2 rings (SSSR count). The van der Waals surface area contributed by atoms with Crippen molar-refractivity contribution in [3.05, 3.63) is 40.9 Å². The number of carbonyl (C=O) groups excluding carboxylic acids is 1. The molecule has 0 bridgehead atoms. The van der Waals surface area contributed by atoms with Crippen LogP contribution in [-0.2, 0) is 6.54 Å². The summed E-state index contributed by atoms with van der Waals surface area (Å²) >= 11 is 1.26. The molecule has 3 N–H and O–H groups in total. The van der Waals surface area contributed by atoms with Crippen LogP contribution in [0.25, 0.3) is 0 Å². The highest BCUT2D eigenvalue weighted by atomic mass is 32.1. The minimum absolute atomic E-state index is 0.227. The van der Waals surface area contributed by atoms with Crippen molar-refractivity contribution >= 4 is 28.1 Å². The van der Waals surface area contributed by atoms with E-state index in [1.54, 1.807) is 5.38 Å². The number of nitrogens with two attached hydrogens (primary N) is 1. The quantitative estimate of drug-likeness (QED) is 0.861. The third kappa shape index (κ3) is 4.03. The number of rotatable bonds is 6. The Morgan fingerprint density at radius 3 is 2.67 bits per heavy atom. The first kappa shape index (κ1) is 15.5. The van der Waals surface area contributed by atoms with Gasteiger partial charge in [-0.2, -0.15) is 0 Å². The topological polar surface area (TPSA) is 71.2 Å². The van der Waals surface area contributed by atoms with E-state index in [9.17, 15) is 4.79 Å². The van der Waals surface area contributed by atoms with Crippen molar-refractivity contribution in [1.82, 2.24) is 9.88 Å². The molecule has 1 heterocycles. The number of nitrogens with zero attached hydrogens (tertiary/aromatic N) is 2. The molecule has 0 saturated carbocycles. The van der Waals surface area contributed by atoms with Gasteiger partial charge >= 0.3 is 0 Å². The maximum atomic E-state index is 12.2. The van der Waals surface area contributed by atoms with Crippen LogP contribution in [0.3, 0.4) is 0 Å². The van der Waals surface area contributed by atoms with Crippen molar-refractivity contribution in [2.24, 2.45) is 0 Å². The van der Waals surface area contributed by atoms with Crippen LogP contribution >= 0.6 is 11.3 Å². The summed E-state index contributed by atoms with van der Waals surface area (Å²) in [5.41, 5.74) is 7.83. The average Bonchev–Trinajstić information content (AvgIpc) is 2.93. The van der Waals surface area contributed by atoms with Crippen LogP contribution in [0, 0.1) is 0 Å². The first-order valence-electron chi connectivity index (χ1n) is 6.96. The highest BCUT2D eigenvalue weighted by Crippen LogP contribution is 2.19. The molecule has 2 aromatic rings. The van der Waals surface area contributed by atoms with Crippen LogP contribution in [0.1, 0.15) is 29.9 Å². The van der Waals surface area contributed by atoms with Gasteiger partial charge in [0, 0.05) is 17.6 Å². The molecule has 6 heteroatoms. The minimum Gasteiger partial charge on any atom is -0.375 e. The van der Waals surface area contributed by atoms with Crippen LogP contribution in [-0.4, -0.2) is 28.9 Å². The molecule has 5 nitrogen and oxygen atoms in total. The lowest BCUT2D eigenvalue weighted by Crippen LogP contribution is -2.23. The molecular formula is C15H20N4OS. The zero-order valence-electron chi connectivity index (χ0n) is 12.3. The number of hydrogen-bond acceptors (Lipinski definition) is 5. The van der Waals surface area contributed by atoms with Crippen molar-refractivity contribution in [3.63, 3.8) is 0 Å². The molecule has 0 spiro atoms. The molecule has 112 valence electrons. The lowest BCUT2D eigenvalue weighted by atomic mass is 10.1. The fourth-order valence-corrected chi connectivity index (χ4v) is 2.59. The van der Waals surface area contributed by atoms with E-state index >= 15 is 0 Å². The van der Waals surface area contributed by atoms with E-state index in [0.717, 1.165) is 30.9 Å². The average molecular weight is 304 g/mol. The Balaban J connectivity index is 2.14. The predicted octanol–water partition coefficient (Wildman–Crippen LogP) is 2.82. The first-order valence-corrected chi connectivity index (χ1v) is 7.84. The van der Waals surface area contributed by atoms with Crippen LogP contribution in [0.5, 0.6) is 0 Å². The number of hydrogen-bond donors (Lipinski definition) is 2. The summed E-state index contributed by atoms with van der Waals surface area (Å²) in [6.45, 7) is 7.01. The van der Waals surface area contributed by atoms with Crippen LogP contribution < -0.4 is 11.1 Å². The van der Waals surface area contributed by atoms with Crippen molar-refractivity contribution in [2.75, 3.05) is 24.1 Å². The lowest BCUT2D eigenvalue weighted by molar-refractivity contribution is 0.102. The Kier molecular flexibility index (Phi) is 5.30. The predicted molar refractivity (Wildman–Crippen MR) is 87.5 cm³/mol. The van der Waals surface area contributed by atoms with Gasteiger partial charge in [-0.3, -0.25) is 9.69 Å². The van der Waals surface area contributed by atoms with E-state index in [1.807, 2.05) is 24.3 Å². The van der Waals surface area contributed by atoms with Crippen LogP contribution in [0.4, 0.5) is 10.8 Å². The van der Waals surface area contributed by atoms with E-state index in [4.69, 9.17) is 5.73 Å². The largest absolute Gasteiger partial charge is 0.375 e. The number of benzene rings is 1. The fraction of sp³-hybridized carbons (Fsp3) is 0.333. The summed E-state index contributed by atoms with van der Waals surface area (Å²) in [6, 6.07) is 7.84. The second-order valence-corrected chi connectivity index (χ2v) is 5.53. The van der Waals surface area contributed by atoms with E-state index in [0.29, 0.717) is 10.8 Å². The standard InChI is InChI=1S/C15H20N4OS/c1-3-19(4-2)9-11-7-5-6-8-12(11)17-14(20)13-10-21-15(16)18-13/h5-8,10H,3-4,9H2,1-2H3,(H2,16,18)(H,17,20). The zero-order valence-corrected chi connectivity index (χ0v) is 13.1. The van der Waals surface area contributed by atoms with E-state index in [-0.39, 0.29) is 5.91 Å². The Morgan fingerprint density at radius 2 is 2.05 bits per heavy atom. The number of carbonyl (C=O) groups is 1. The third-order valence-corrected chi connectivity index (χ3v) is 3.98. The fourth-order valence-electron chi connectivity index (χ4n) is 2.05. The summed E-state index contributed by atoms with van der Waals surface area (Å²) < 4.78 is 0. The molecule has 0 fully saturated rings. The van der Waals surface area contributed by atoms with Crippen molar-refractivity contribution < 1.29 is 4.79 Å². The molecule has 1 aromatic carbocycles. The highest BCUT2D eigenvalue weighted by Gasteiger charge is 2.13. The van der Waals surface area contributed by atoms with Gasteiger partial charge in [0.2, 0.25) is 0 Å². The molecule has 0 radical (unpaired) electrons. The molecule has 21 heavy (non-hydrogen) atoms. The van der Waals surface area contributed by atoms with E-state index < -0.39 is 0 Å². The van der Waals surface area contributed by atoms with Gasteiger partial charge in [-0.05, 0) is 24.7 Å². The normalized spacial score (nSPS) is 10.8. The summed E-state index contributed by atoms with van der Waals surface area (Å²) in [7, 11) is 0. The summed E-state index contributed by atoms with van der Waals surface area (Å²) in [6.07, 6.45) is 0. The van der Waals surface area contributed by atoms with Gasteiger partial charge in [0.25, 0.3) is 5.91 Å². The van der Waals surface area contributed by atoms with Crippen molar-refractivity contribution in [2.45, 2.75) is 20.4 Å². The second kappa shape index (κ2) is 7.19. The molecule has 0 atom stereocenters. The Hall–Kier alpha value is -1.92. The first-order chi connectivity index (χ1) is 10.1. The Morgan fingerprint density at radius 1 is 1.33 bits per heavy atom. The molecule has 0 unspecified atom stereocenters. The van der Waals surface area contributed by atoms with Gasteiger partial charge in [-0.15, -0.1) is 11.3 Å². The molecule has 0 aliphatic rings. The molecule has 1 aromatic heterocycles. The van der Waals surface area contributed by atoms with Gasteiger partial charge in [0.1, 0.15) is 5.69 Å². The molecule has 0 saturated heterocycles. The number of anilines is 2. The molecule has 1 amide bonds. The maximum Gasteiger partial charge on any atom is 0.275 e. The summed E-state index contributed by atoms with van der Waals surface area (Å²) in [5, 5.41) is 4.98. The minimum atomic E-state index is -0.227. The van der Waals surface area contributed by atoms with Gasteiger partial charge in [0.15, 0.2) is 5.13 Å². The smallest absolute Gasteiger partial charge is 0.275 e. The van der Waals surface area contributed by atoms with Crippen molar-refractivity contribution in [1.29, 1.82) is 0 Å². The van der Waals surface area contributed by atoms with Gasteiger partial charge < -0.3 is 11.1 Å². The Labute approximate surface area is 128 Å². The van der Waals surface area contributed by atoms with Gasteiger partial charge in [-0.1, -0.05) is 32.0 Å². The molecule has 0 aliphatic carbocycles. The zero-order chi connectivity index (χ0) is 15.2. The monoisotopic (exact) mass is 304 g/mol. The van der Waals surface area contributed by atoms with E-state index in [2.05, 4.69) is 29.0 Å². The summed E-state index contributed by atoms with van der Waals surface area (Å²) in [4.78, 5) is 18.5. The maximum absolute atomic E-state index is 12.2. The number of thiazole rings is 1. The summed E-state index contributed by atoms with van der Waals surface area (Å²) in [5.74, 6) is -0.227. The number of aromatic nitrogens is 1. The number of para-hydroxylation sites is 1. The number of nitrogen functional groups attached to an aromatic ring is 1. The van der Waals surface area contributed by atoms with Gasteiger partial charge in [0.05, 0.1) is 0 Å². The second-order valence-electron chi connectivity index (χ2n) is 4.64. The molecule has 0 aliphatic heterocycles.